The van der Waals surface area contributed by atoms with Crippen molar-refractivity contribution in [3.8, 4) is 0 Å². The van der Waals surface area contributed by atoms with Gasteiger partial charge in [-0.1, -0.05) is 25.1 Å². The summed E-state index contributed by atoms with van der Waals surface area (Å²) >= 11 is 4.13. The Hall–Kier alpha value is -1.15. The van der Waals surface area contributed by atoms with Gasteiger partial charge in [-0.15, -0.1) is 23.5 Å². The number of thioether (sulfide) groups is 2. The number of likely N-dealkylation sites (tertiary alicyclic amines) is 1. The average Bonchev–Trinajstić information content (AvgIpc) is 3.36. The van der Waals surface area contributed by atoms with E-state index in [-0.39, 0.29) is 16.0 Å². The highest BCUT2D eigenvalue weighted by Crippen LogP contribution is 2.67. The van der Waals surface area contributed by atoms with E-state index in [1.807, 2.05) is 0 Å². The Morgan fingerprint density at radius 3 is 2.63 bits per heavy atom. The van der Waals surface area contributed by atoms with Crippen molar-refractivity contribution in [2.45, 2.75) is 36.6 Å². The first-order valence-corrected chi connectivity index (χ1v) is 12.8. The van der Waals surface area contributed by atoms with Crippen LogP contribution in [0, 0.1) is 11.8 Å². The number of benzene rings is 1. The summed E-state index contributed by atoms with van der Waals surface area (Å²) in [7, 11) is 3.49. The highest BCUT2D eigenvalue weighted by Gasteiger charge is 2.60. The predicted octanol–water partition coefficient (Wildman–Crippen LogP) is 4.45. The highest BCUT2D eigenvalue weighted by molar-refractivity contribution is 8.20. The molecule has 5 nitrogen and oxygen atoms in total. The van der Waals surface area contributed by atoms with Crippen molar-refractivity contribution in [1.82, 2.24) is 9.47 Å². The van der Waals surface area contributed by atoms with Gasteiger partial charge in [-0.05, 0) is 18.9 Å². The molecule has 1 amide bonds. The minimum absolute atomic E-state index is 0.0624. The standard InChI is InChI=1S/C23H30N2O3S2/c1-4-15-17-13-19(24(22(15)26)9-10-27-2)20-16-7-5-6-8-18(16)25(14-28-3)21(20)23(17)29-11-12-30-23/h5-8,15,17,19H,4,9-14H2,1-3H3/t15-,17+,19+/m1/s1. The van der Waals surface area contributed by atoms with E-state index in [0.717, 1.165) is 24.3 Å². The molecule has 30 heavy (non-hydrogen) atoms. The Morgan fingerprint density at radius 1 is 1.17 bits per heavy atom. The topological polar surface area (TPSA) is 43.7 Å². The largest absolute Gasteiger partial charge is 0.383 e. The first-order valence-electron chi connectivity index (χ1n) is 10.9. The molecule has 2 aliphatic heterocycles. The van der Waals surface area contributed by atoms with Crippen molar-refractivity contribution in [1.29, 1.82) is 0 Å². The number of carbonyl (C=O) groups excluding carboxylic acids is 1. The summed E-state index contributed by atoms with van der Waals surface area (Å²) in [6, 6.07) is 8.77. The van der Waals surface area contributed by atoms with Crippen LogP contribution in [-0.2, 0) is 25.1 Å². The van der Waals surface area contributed by atoms with Gasteiger partial charge in [-0.3, -0.25) is 4.79 Å². The Labute approximate surface area is 186 Å². The van der Waals surface area contributed by atoms with Gasteiger partial charge in [0.05, 0.1) is 23.9 Å². The molecule has 0 radical (unpaired) electrons. The lowest BCUT2D eigenvalue weighted by Crippen LogP contribution is -2.55. The summed E-state index contributed by atoms with van der Waals surface area (Å²) in [4.78, 5) is 15.8. The van der Waals surface area contributed by atoms with E-state index in [1.54, 1.807) is 14.2 Å². The number of fused-ring (bicyclic) bond motifs is 8. The molecule has 0 N–H and O–H groups in total. The molecule has 1 aromatic carbocycles. The number of carbonyl (C=O) groups is 1. The molecule has 2 saturated heterocycles. The Balaban J connectivity index is 1.80. The minimum atomic E-state index is -0.0624. The van der Waals surface area contributed by atoms with Crippen LogP contribution in [0.3, 0.4) is 0 Å². The molecule has 2 fully saturated rings. The maximum Gasteiger partial charge on any atom is 0.226 e. The molecule has 3 heterocycles. The smallest absolute Gasteiger partial charge is 0.226 e. The van der Waals surface area contributed by atoms with Gasteiger partial charge < -0.3 is 18.9 Å². The fraction of sp³-hybridized carbons (Fsp3) is 0.609. The van der Waals surface area contributed by atoms with Gasteiger partial charge in [0.1, 0.15) is 10.8 Å². The Kier molecular flexibility index (Phi) is 5.58. The van der Waals surface area contributed by atoms with E-state index in [2.05, 4.69) is 64.2 Å². The van der Waals surface area contributed by atoms with Crippen molar-refractivity contribution in [3.05, 3.63) is 35.5 Å². The number of ether oxygens (including phenoxy) is 2. The monoisotopic (exact) mass is 446 g/mol. The van der Waals surface area contributed by atoms with Crippen molar-refractivity contribution < 1.29 is 14.3 Å². The summed E-state index contributed by atoms with van der Waals surface area (Å²) in [5.41, 5.74) is 3.96. The fourth-order valence-electron chi connectivity index (χ4n) is 5.94. The average molecular weight is 447 g/mol. The lowest BCUT2D eigenvalue weighted by molar-refractivity contribution is -0.148. The van der Waals surface area contributed by atoms with E-state index < -0.39 is 0 Å². The number of piperidine rings is 1. The van der Waals surface area contributed by atoms with Gasteiger partial charge in [0.2, 0.25) is 5.91 Å². The molecule has 2 aromatic rings. The zero-order valence-electron chi connectivity index (χ0n) is 17.9. The molecule has 5 rings (SSSR count). The second-order valence-electron chi connectivity index (χ2n) is 8.39. The molecule has 7 heteroatoms. The molecular formula is C23H30N2O3S2. The van der Waals surface area contributed by atoms with E-state index >= 15 is 0 Å². The Bertz CT molecular complexity index is 953. The number of rotatable bonds is 6. The maximum atomic E-state index is 13.7. The van der Waals surface area contributed by atoms with Crippen LogP contribution < -0.4 is 0 Å². The third-order valence-electron chi connectivity index (χ3n) is 7.05. The fourth-order valence-corrected chi connectivity index (χ4v) is 9.71. The van der Waals surface area contributed by atoms with Crippen LogP contribution in [0.4, 0.5) is 0 Å². The highest BCUT2D eigenvalue weighted by atomic mass is 32.2. The molecule has 3 atom stereocenters. The number of amides is 1. The zero-order chi connectivity index (χ0) is 20.9. The van der Waals surface area contributed by atoms with Gasteiger partial charge in [0.15, 0.2) is 0 Å². The second-order valence-corrected chi connectivity index (χ2v) is 11.3. The van der Waals surface area contributed by atoms with Crippen LogP contribution in [0.2, 0.25) is 0 Å². The summed E-state index contributed by atoms with van der Waals surface area (Å²) in [6.45, 7) is 3.94. The zero-order valence-corrected chi connectivity index (χ0v) is 19.6. The molecule has 1 spiro atoms. The Morgan fingerprint density at radius 2 is 1.93 bits per heavy atom. The van der Waals surface area contributed by atoms with Crippen molar-refractivity contribution in [3.63, 3.8) is 0 Å². The van der Waals surface area contributed by atoms with Gasteiger partial charge in [0.25, 0.3) is 0 Å². The maximum absolute atomic E-state index is 13.7. The minimum Gasteiger partial charge on any atom is -0.383 e. The third-order valence-corrected chi connectivity index (χ3v) is 10.7. The number of nitrogens with zero attached hydrogens (tertiary/aromatic N) is 2. The predicted molar refractivity (Wildman–Crippen MR) is 124 cm³/mol. The molecule has 0 unspecified atom stereocenters. The molecule has 2 bridgehead atoms. The first kappa shape index (κ1) is 20.7. The normalized spacial score (nSPS) is 27.2. The number of hydrogen-bond donors (Lipinski definition) is 0. The van der Waals surface area contributed by atoms with Crippen molar-refractivity contribution in [2.75, 3.05) is 38.9 Å². The van der Waals surface area contributed by atoms with Gasteiger partial charge in [-0.2, -0.15) is 0 Å². The van der Waals surface area contributed by atoms with Gasteiger partial charge in [0, 0.05) is 55.1 Å². The van der Waals surface area contributed by atoms with Crippen LogP contribution in [0.25, 0.3) is 10.9 Å². The van der Waals surface area contributed by atoms with Gasteiger partial charge in [-0.25, -0.2) is 0 Å². The van der Waals surface area contributed by atoms with Crippen LogP contribution in [0.5, 0.6) is 0 Å². The number of methoxy groups -OCH3 is 2. The quantitative estimate of drug-likeness (QED) is 0.656. The molecule has 1 aromatic heterocycles. The summed E-state index contributed by atoms with van der Waals surface area (Å²) in [6.07, 6.45) is 1.93. The van der Waals surface area contributed by atoms with E-state index in [0.29, 0.717) is 31.7 Å². The van der Waals surface area contributed by atoms with Gasteiger partial charge >= 0.3 is 0 Å². The molecular weight excluding hydrogens is 416 g/mol. The number of aromatic nitrogens is 1. The summed E-state index contributed by atoms with van der Waals surface area (Å²) in [5.74, 6) is 3.01. The van der Waals surface area contributed by atoms with Crippen LogP contribution >= 0.6 is 23.5 Å². The van der Waals surface area contributed by atoms with E-state index in [4.69, 9.17) is 9.47 Å². The third kappa shape index (κ3) is 2.81. The summed E-state index contributed by atoms with van der Waals surface area (Å²) in [5, 5.41) is 1.27. The SMILES string of the molecule is CC[C@H]1C(=O)N(CCOC)[C@H]2C[C@@H]1C1(SCCS1)c1c2c2ccccc2n1COC. The van der Waals surface area contributed by atoms with E-state index in [1.165, 1.54) is 22.2 Å². The van der Waals surface area contributed by atoms with Crippen molar-refractivity contribution >= 4 is 40.3 Å². The van der Waals surface area contributed by atoms with Crippen molar-refractivity contribution in [2.24, 2.45) is 11.8 Å². The lowest BCUT2D eigenvalue weighted by atomic mass is 9.70. The molecule has 1 aliphatic carbocycles. The molecule has 3 aliphatic rings. The number of para-hydroxylation sites is 1. The summed E-state index contributed by atoms with van der Waals surface area (Å²) < 4.78 is 13.4. The van der Waals surface area contributed by atoms with Crippen LogP contribution in [0.1, 0.15) is 37.1 Å². The van der Waals surface area contributed by atoms with Crippen LogP contribution in [-0.4, -0.2) is 54.3 Å². The molecule has 0 saturated carbocycles. The van der Waals surface area contributed by atoms with Crippen LogP contribution in [0.15, 0.2) is 24.3 Å². The number of hydrogen-bond acceptors (Lipinski definition) is 5. The lowest BCUT2D eigenvalue weighted by Gasteiger charge is -2.53. The second kappa shape index (κ2) is 8.08. The first-order chi connectivity index (χ1) is 14.7. The van der Waals surface area contributed by atoms with E-state index in [9.17, 15) is 4.79 Å². The molecule has 162 valence electrons.